The molecular weight excluding hydrogens is 346 g/mol. The molecule has 0 heterocycles. The van der Waals surface area contributed by atoms with E-state index < -0.39 is 0 Å². The molecule has 0 aliphatic heterocycles. The van der Waals surface area contributed by atoms with Crippen molar-refractivity contribution in [3.8, 4) is 0 Å². The van der Waals surface area contributed by atoms with Crippen molar-refractivity contribution in [3.05, 3.63) is 113 Å². The molecule has 0 atom stereocenters. The standard InChI is InChI=1S/C22H16ClNO2/c23-18-11-13-19(14-12-18)24-20(22(26)17-9-5-2-6-10-17)15-21(25)16-7-3-1-4-8-16/h1-15,24H/b20-15-. The van der Waals surface area contributed by atoms with E-state index in [-0.39, 0.29) is 17.3 Å². The molecule has 1 N–H and O–H groups in total. The third-order valence-electron chi connectivity index (χ3n) is 3.74. The number of carbonyl (C=O) groups excluding carboxylic acids is 2. The highest BCUT2D eigenvalue weighted by Crippen LogP contribution is 2.18. The van der Waals surface area contributed by atoms with E-state index >= 15 is 0 Å². The normalized spacial score (nSPS) is 11.0. The van der Waals surface area contributed by atoms with Crippen LogP contribution in [0.2, 0.25) is 5.02 Å². The molecule has 0 bridgehead atoms. The number of ketones is 2. The van der Waals surface area contributed by atoms with Crippen molar-refractivity contribution >= 4 is 28.9 Å². The van der Waals surface area contributed by atoms with Gasteiger partial charge in [0.1, 0.15) is 0 Å². The van der Waals surface area contributed by atoms with E-state index in [1.54, 1.807) is 72.8 Å². The topological polar surface area (TPSA) is 46.2 Å². The third kappa shape index (κ3) is 4.47. The van der Waals surface area contributed by atoms with Crippen LogP contribution in [0, 0.1) is 0 Å². The highest BCUT2D eigenvalue weighted by atomic mass is 35.5. The molecule has 3 aromatic carbocycles. The maximum Gasteiger partial charge on any atom is 0.209 e. The van der Waals surface area contributed by atoms with Gasteiger partial charge in [0, 0.05) is 27.9 Å². The molecule has 0 aliphatic rings. The Morgan fingerprint density at radius 3 is 1.85 bits per heavy atom. The molecule has 0 aliphatic carbocycles. The molecule has 3 rings (SSSR count). The number of halogens is 1. The fourth-order valence-electron chi connectivity index (χ4n) is 2.41. The van der Waals surface area contributed by atoms with Gasteiger partial charge in [0.2, 0.25) is 5.78 Å². The summed E-state index contributed by atoms with van der Waals surface area (Å²) < 4.78 is 0. The molecule has 0 aromatic heterocycles. The zero-order chi connectivity index (χ0) is 18.4. The largest absolute Gasteiger partial charge is 0.352 e. The molecule has 26 heavy (non-hydrogen) atoms. The number of rotatable bonds is 6. The first-order chi connectivity index (χ1) is 12.6. The van der Waals surface area contributed by atoms with E-state index in [0.29, 0.717) is 21.8 Å². The lowest BCUT2D eigenvalue weighted by atomic mass is 10.0. The predicted molar refractivity (Wildman–Crippen MR) is 105 cm³/mol. The summed E-state index contributed by atoms with van der Waals surface area (Å²) in [7, 11) is 0. The fourth-order valence-corrected chi connectivity index (χ4v) is 2.53. The first-order valence-electron chi connectivity index (χ1n) is 8.07. The quantitative estimate of drug-likeness (QED) is 0.472. The molecule has 0 spiro atoms. The van der Waals surface area contributed by atoms with Gasteiger partial charge in [-0.05, 0) is 24.3 Å². The van der Waals surface area contributed by atoms with Gasteiger partial charge in [0.25, 0.3) is 0 Å². The molecule has 3 aromatic rings. The Balaban J connectivity index is 1.95. The molecule has 0 saturated carbocycles. The third-order valence-corrected chi connectivity index (χ3v) is 3.99. The highest BCUT2D eigenvalue weighted by Gasteiger charge is 2.15. The summed E-state index contributed by atoms with van der Waals surface area (Å²) in [6.07, 6.45) is 1.33. The average molecular weight is 362 g/mol. The Hall–Kier alpha value is -3.17. The lowest BCUT2D eigenvalue weighted by molar-refractivity contribution is 0.101. The molecule has 3 nitrogen and oxygen atoms in total. The van der Waals surface area contributed by atoms with Crippen molar-refractivity contribution in [2.45, 2.75) is 0 Å². The van der Waals surface area contributed by atoms with Gasteiger partial charge < -0.3 is 5.32 Å². The molecule has 0 unspecified atom stereocenters. The minimum absolute atomic E-state index is 0.201. The fraction of sp³-hybridized carbons (Fsp3) is 0. The molecule has 0 saturated heterocycles. The molecular formula is C22H16ClNO2. The van der Waals surface area contributed by atoms with Crippen LogP contribution in [0.15, 0.2) is 96.7 Å². The second-order valence-electron chi connectivity index (χ2n) is 5.62. The van der Waals surface area contributed by atoms with Crippen molar-refractivity contribution in [2.24, 2.45) is 0 Å². The van der Waals surface area contributed by atoms with Crippen molar-refractivity contribution in [3.63, 3.8) is 0 Å². The number of nitrogens with one attached hydrogen (secondary N) is 1. The van der Waals surface area contributed by atoms with E-state index in [1.165, 1.54) is 6.08 Å². The van der Waals surface area contributed by atoms with Gasteiger partial charge in [-0.25, -0.2) is 0 Å². The second-order valence-corrected chi connectivity index (χ2v) is 6.05. The van der Waals surface area contributed by atoms with Gasteiger partial charge >= 0.3 is 0 Å². The van der Waals surface area contributed by atoms with E-state index in [9.17, 15) is 9.59 Å². The number of hydrogen-bond acceptors (Lipinski definition) is 3. The van der Waals surface area contributed by atoms with E-state index in [2.05, 4.69) is 5.32 Å². The Bertz CT molecular complexity index is 933. The van der Waals surface area contributed by atoms with E-state index in [1.807, 2.05) is 12.1 Å². The summed E-state index contributed by atoms with van der Waals surface area (Å²) in [6, 6.07) is 24.6. The van der Waals surface area contributed by atoms with Crippen LogP contribution in [-0.2, 0) is 0 Å². The van der Waals surface area contributed by atoms with E-state index in [4.69, 9.17) is 11.6 Å². The molecule has 0 fully saturated rings. The monoisotopic (exact) mass is 361 g/mol. The van der Waals surface area contributed by atoms with E-state index in [0.717, 1.165) is 0 Å². The molecule has 0 radical (unpaired) electrons. The minimum Gasteiger partial charge on any atom is -0.352 e. The zero-order valence-electron chi connectivity index (χ0n) is 13.9. The number of hydrogen-bond donors (Lipinski definition) is 1. The van der Waals surface area contributed by atoms with Crippen LogP contribution < -0.4 is 5.32 Å². The predicted octanol–water partition coefficient (Wildman–Crippen LogP) is 5.40. The van der Waals surface area contributed by atoms with Crippen molar-refractivity contribution in [2.75, 3.05) is 5.32 Å². The summed E-state index contributed by atoms with van der Waals surface area (Å²) >= 11 is 5.91. The van der Waals surface area contributed by atoms with Crippen molar-refractivity contribution < 1.29 is 9.59 Å². The average Bonchev–Trinajstić information content (AvgIpc) is 2.70. The van der Waals surface area contributed by atoms with Crippen LogP contribution in [0.4, 0.5) is 5.69 Å². The Morgan fingerprint density at radius 1 is 0.731 bits per heavy atom. The van der Waals surface area contributed by atoms with Gasteiger partial charge in [-0.2, -0.15) is 0 Å². The van der Waals surface area contributed by atoms with Crippen LogP contribution in [0.3, 0.4) is 0 Å². The van der Waals surface area contributed by atoms with Crippen molar-refractivity contribution in [1.82, 2.24) is 0 Å². The number of carbonyl (C=O) groups is 2. The Morgan fingerprint density at radius 2 is 1.27 bits per heavy atom. The SMILES string of the molecule is O=C(/C=C(\Nc1ccc(Cl)cc1)C(=O)c1ccccc1)c1ccccc1. The van der Waals surface area contributed by atoms with Gasteiger partial charge in [-0.1, -0.05) is 72.3 Å². The maximum absolute atomic E-state index is 12.9. The Kier molecular flexibility index (Phi) is 5.62. The molecule has 0 amide bonds. The van der Waals surface area contributed by atoms with Crippen molar-refractivity contribution in [1.29, 1.82) is 0 Å². The summed E-state index contributed by atoms with van der Waals surface area (Å²) in [4.78, 5) is 25.4. The zero-order valence-corrected chi connectivity index (χ0v) is 14.6. The van der Waals surface area contributed by atoms with Crippen LogP contribution in [-0.4, -0.2) is 11.6 Å². The number of Topliss-reactive ketones (excluding diaryl/α,β-unsaturated/α-hetero) is 1. The van der Waals surface area contributed by atoms with Crippen LogP contribution in [0.5, 0.6) is 0 Å². The van der Waals surface area contributed by atoms with Crippen LogP contribution in [0.1, 0.15) is 20.7 Å². The maximum atomic E-state index is 12.9. The van der Waals surface area contributed by atoms with Gasteiger partial charge in [-0.3, -0.25) is 9.59 Å². The first kappa shape index (κ1) is 17.6. The lowest BCUT2D eigenvalue weighted by Crippen LogP contribution is -2.14. The molecule has 128 valence electrons. The summed E-state index contributed by atoms with van der Waals surface area (Å²) in [6.45, 7) is 0. The van der Waals surface area contributed by atoms with Crippen LogP contribution in [0.25, 0.3) is 0 Å². The van der Waals surface area contributed by atoms with Crippen LogP contribution >= 0.6 is 11.6 Å². The number of benzene rings is 3. The minimum atomic E-state index is -0.259. The number of anilines is 1. The second kappa shape index (κ2) is 8.28. The summed E-state index contributed by atoms with van der Waals surface area (Å²) in [5, 5.41) is 3.63. The van der Waals surface area contributed by atoms with Gasteiger partial charge in [0.05, 0.1) is 5.70 Å². The summed E-state index contributed by atoms with van der Waals surface area (Å²) in [5.41, 5.74) is 1.89. The Labute approximate surface area is 156 Å². The molecule has 4 heteroatoms. The number of allylic oxidation sites excluding steroid dienone is 2. The summed E-state index contributed by atoms with van der Waals surface area (Å²) in [5.74, 6) is -0.504. The lowest BCUT2D eigenvalue weighted by Gasteiger charge is -2.11. The smallest absolute Gasteiger partial charge is 0.209 e. The first-order valence-corrected chi connectivity index (χ1v) is 8.45. The highest BCUT2D eigenvalue weighted by molar-refractivity contribution is 6.30. The van der Waals surface area contributed by atoms with Gasteiger partial charge in [-0.15, -0.1) is 0 Å². The van der Waals surface area contributed by atoms with Gasteiger partial charge in [0.15, 0.2) is 5.78 Å².